The first-order valence-electron chi connectivity index (χ1n) is 28.0. The minimum absolute atomic E-state index is 0.130. The summed E-state index contributed by atoms with van der Waals surface area (Å²) in [5, 5.41) is 0. The zero-order valence-electron chi connectivity index (χ0n) is 45.2. The first-order chi connectivity index (χ1) is 35.0. The van der Waals surface area contributed by atoms with Crippen molar-refractivity contribution in [3.05, 3.63) is 158 Å². The number of esters is 3. The highest BCUT2D eigenvalue weighted by Gasteiger charge is 2.19. The molecule has 0 radical (unpaired) electrons. The summed E-state index contributed by atoms with van der Waals surface area (Å²) >= 11 is 0. The van der Waals surface area contributed by atoms with Gasteiger partial charge < -0.3 is 14.2 Å². The Hall–Kier alpha value is -4.97. The molecule has 0 aromatic heterocycles. The molecule has 0 fully saturated rings. The molecule has 396 valence electrons. The Morgan fingerprint density at radius 3 is 0.915 bits per heavy atom. The van der Waals surface area contributed by atoms with Gasteiger partial charge in [0.2, 0.25) is 0 Å². The molecular formula is C65H100O6. The maximum absolute atomic E-state index is 12.8. The molecule has 0 aliphatic rings. The van der Waals surface area contributed by atoms with Gasteiger partial charge in [-0.1, -0.05) is 211 Å². The molecule has 0 spiro atoms. The van der Waals surface area contributed by atoms with Gasteiger partial charge in [0, 0.05) is 19.3 Å². The summed E-state index contributed by atoms with van der Waals surface area (Å²) in [4.78, 5) is 38.1. The Bertz CT molecular complexity index is 1640. The molecule has 0 saturated carbocycles. The van der Waals surface area contributed by atoms with Crippen molar-refractivity contribution in [2.45, 2.75) is 219 Å². The number of carbonyl (C=O) groups excluding carboxylic acids is 3. The van der Waals surface area contributed by atoms with Crippen molar-refractivity contribution < 1.29 is 28.6 Å². The SMILES string of the molecule is CC/C=C\C/C=C\C/C=C\C/C=C\C/C=C\CCCCCC(=O)OC[C@H](COC(=O)CCC/C=C\C/C=C\C/C=C\C/C=C\C/C=C\CC)OC(=O)CCCCCC/C=C\C/C=C\C/C=C\CCCCC. The van der Waals surface area contributed by atoms with E-state index in [1.54, 1.807) is 0 Å². The first-order valence-corrected chi connectivity index (χ1v) is 28.0. The zero-order valence-corrected chi connectivity index (χ0v) is 45.2. The Morgan fingerprint density at radius 2 is 0.563 bits per heavy atom. The van der Waals surface area contributed by atoms with Crippen LogP contribution in [0.2, 0.25) is 0 Å². The van der Waals surface area contributed by atoms with E-state index in [1.165, 1.54) is 25.7 Å². The van der Waals surface area contributed by atoms with Crippen molar-refractivity contribution >= 4 is 17.9 Å². The quantitative estimate of drug-likeness (QED) is 0.0262. The standard InChI is InChI=1S/C65H100O6/c1-4-7-10-13-16-19-22-25-28-31-32-35-37-40-43-46-49-52-55-58-64(67)70-61-62(71-65(68)59-56-53-50-47-44-41-38-34-30-27-24-21-18-15-12-9-6-3)60-69-63(66)57-54-51-48-45-42-39-36-33-29-26-23-20-17-14-11-8-5-2/h7-8,10-11,16-21,25-30,32,35-36,38-41,43,45,48,62H,4-6,9,12-15,22-24,31,33-34,37,42,44,46-47,49-61H2,1-3H3/b10-7-,11-8-,19-16-,20-17-,21-18-,28-25-,29-26-,30-27-,35-32-,39-36-,41-38-,43-40-,48-45-/t62-/m0/s1. The van der Waals surface area contributed by atoms with Crippen molar-refractivity contribution in [1.82, 2.24) is 0 Å². The lowest BCUT2D eigenvalue weighted by atomic mass is 10.1. The number of ether oxygens (including phenoxy) is 3. The van der Waals surface area contributed by atoms with Gasteiger partial charge in [0.1, 0.15) is 13.2 Å². The molecule has 0 heterocycles. The van der Waals surface area contributed by atoms with Crippen LogP contribution >= 0.6 is 0 Å². The van der Waals surface area contributed by atoms with Crippen LogP contribution in [0.25, 0.3) is 0 Å². The maximum Gasteiger partial charge on any atom is 0.306 e. The summed E-state index contributed by atoms with van der Waals surface area (Å²) in [6.45, 7) is 6.27. The Balaban J connectivity index is 4.62. The maximum atomic E-state index is 12.8. The predicted octanol–water partition coefficient (Wildman–Crippen LogP) is 19.0. The van der Waals surface area contributed by atoms with Crippen LogP contribution in [0.15, 0.2) is 158 Å². The molecule has 0 aliphatic carbocycles. The molecule has 0 rings (SSSR count). The van der Waals surface area contributed by atoms with Crippen LogP contribution in [0.5, 0.6) is 0 Å². The fourth-order valence-electron chi connectivity index (χ4n) is 6.86. The Morgan fingerprint density at radius 1 is 0.296 bits per heavy atom. The third-order valence-electron chi connectivity index (χ3n) is 11.0. The number of hydrogen-bond donors (Lipinski definition) is 0. The van der Waals surface area contributed by atoms with Gasteiger partial charge in [-0.2, -0.15) is 0 Å². The van der Waals surface area contributed by atoms with Gasteiger partial charge in [0.25, 0.3) is 0 Å². The first kappa shape index (κ1) is 66.0. The second-order valence-corrected chi connectivity index (χ2v) is 17.7. The smallest absolute Gasteiger partial charge is 0.306 e. The van der Waals surface area contributed by atoms with Crippen molar-refractivity contribution in [3.8, 4) is 0 Å². The lowest BCUT2D eigenvalue weighted by Crippen LogP contribution is -2.30. The normalized spacial score (nSPS) is 13.3. The highest BCUT2D eigenvalue weighted by molar-refractivity contribution is 5.71. The summed E-state index contributed by atoms with van der Waals surface area (Å²) in [6, 6.07) is 0. The van der Waals surface area contributed by atoms with Crippen LogP contribution in [0, 0.1) is 0 Å². The molecule has 0 aromatic rings. The second kappa shape index (κ2) is 57.6. The van der Waals surface area contributed by atoms with Crippen molar-refractivity contribution in [2.75, 3.05) is 13.2 Å². The van der Waals surface area contributed by atoms with E-state index in [4.69, 9.17) is 14.2 Å². The van der Waals surface area contributed by atoms with Gasteiger partial charge >= 0.3 is 17.9 Å². The van der Waals surface area contributed by atoms with Crippen molar-refractivity contribution in [3.63, 3.8) is 0 Å². The molecule has 6 heteroatoms. The monoisotopic (exact) mass is 977 g/mol. The van der Waals surface area contributed by atoms with Crippen LogP contribution in [-0.4, -0.2) is 37.2 Å². The number of hydrogen-bond acceptors (Lipinski definition) is 6. The molecule has 0 saturated heterocycles. The van der Waals surface area contributed by atoms with Crippen LogP contribution < -0.4 is 0 Å². The van der Waals surface area contributed by atoms with E-state index >= 15 is 0 Å². The average Bonchev–Trinajstić information content (AvgIpc) is 3.37. The second-order valence-electron chi connectivity index (χ2n) is 17.7. The van der Waals surface area contributed by atoms with Crippen molar-refractivity contribution in [1.29, 1.82) is 0 Å². The van der Waals surface area contributed by atoms with E-state index in [9.17, 15) is 14.4 Å². The molecule has 0 unspecified atom stereocenters. The number of rotatable bonds is 48. The molecule has 0 bridgehead atoms. The summed E-state index contributed by atoms with van der Waals surface area (Å²) < 4.78 is 16.8. The largest absolute Gasteiger partial charge is 0.462 e. The minimum atomic E-state index is -0.835. The molecule has 6 nitrogen and oxygen atoms in total. The third kappa shape index (κ3) is 55.8. The molecule has 0 aliphatic heterocycles. The van der Waals surface area contributed by atoms with Crippen molar-refractivity contribution in [2.24, 2.45) is 0 Å². The minimum Gasteiger partial charge on any atom is -0.462 e. The fraction of sp³-hybridized carbons (Fsp3) is 0.554. The van der Waals surface area contributed by atoms with Gasteiger partial charge in [-0.15, -0.1) is 0 Å². The van der Waals surface area contributed by atoms with Gasteiger partial charge in [-0.3, -0.25) is 14.4 Å². The summed E-state index contributed by atoms with van der Waals surface area (Å²) in [5.41, 5.74) is 0. The van der Waals surface area contributed by atoms with Crippen LogP contribution in [0.1, 0.15) is 213 Å². The van der Waals surface area contributed by atoms with Gasteiger partial charge in [-0.05, 0) is 141 Å². The topological polar surface area (TPSA) is 78.9 Å². The van der Waals surface area contributed by atoms with E-state index in [2.05, 4.69) is 179 Å². The Kier molecular flexibility index (Phi) is 53.6. The summed E-state index contributed by atoms with van der Waals surface area (Å²) in [7, 11) is 0. The van der Waals surface area contributed by atoms with Gasteiger partial charge in [0.15, 0.2) is 6.10 Å². The van der Waals surface area contributed by atoms with Crippen LogP contribution in [0.3, 0.4) is 0 Å². The summed E-state index contributed by atoms with van der Waals surface area (Å²) in [6.07, 6.45) is 83.7. The van der Waals surface area contributed by atoms with Crippen LogP contribution in [0.4, 0.5) is 0 Å². The van der Waals surface area contributed by atoms with E-state index < -0.39 is 6.10 Å². The van der Waals surface area contributed by atoms with E-state index in [0.29, 0.717) is 12.8 Å². The lowest BCUT2D eigenvalue weighted by molar-refractivity contribution is -0.167. The van der Waals surface area contributed by atoms with E-state index in [-0.39, 0.29) is 44.0 Å². The number of unbranched alkanes of at least 4 members (excludes halogenated alkanes) is 11. The average molecular weight is 978 g/mol. The molecule has 1 atom stereocenters. The Labute approximate surface area is 435 Å². The molecule has 0 N–H and O–H groups in total. The van der Waals surface area contributed by atoms with E-state index in [1.807, 2.05) is 0 Å². The van der Waals surface area contributed by atoms with Gasteiger partial charge in [-0.25, -0.2) is 0 Å². The lowest BCUT2D eigenvalue weighted by Gasteiger charge is -2.18. The molecule has 0 aromatic carbocycles. The summed E-state index contributed by atoms with van der Waals surface area (Å²) in [5.74, 6) is -1.05. The van der Waals surface area contributed by atoms with Crippen LogP contribution in [-0.2, 0) is 28.6 Å². The predicted molar refractivity (Wildman–Crippen MR) is 306 cm³/mol. The molecule has 0 amide bonds. The molecule has 71 heavy (non-hydrogen) atoms. The highest BCUT2D eigenvalue weighted by atomic mass is 16.6. The van der Waals surface area contributed by atoms with Gasteiger partial charge in [0.05, 0.1) is 0 Å². The third-order valence-corrected chi connectivity index (χ3v) is 11.0. The highest BCUT2D eigenvalue weighted by Crippen LogP contribution is 2.11. The number of carbonyl (C=O) groups is 3. The molecular weight excluding hydrogens is 877 g/mol. The zero-order chi connectivity index (χ0) is 51.4. The number of allylic oxidation sites excluding steroid dienone is 26. The van der Waals surface area contributed by atoms with E-state index in [0.717, 1.165) is 141 Å². The fourth-order valence-corrected chi connectivity index (χ4v) is 6.86.